The number of aromatic nitrogens is 2. The zero-order valence-electron chi connectivity index (χ0n) is 16.2. The van der Waals surface area contributed by atoms with E-state index in [0.717, 1.165) is 16.8 Å². The van der Waals surface area contributed by atoms with Gasteiger partial charge in [0.15, 0.2) is 0 Å². The Morgan fingerprint density at radius 1 is 1.04 bits per heavy atom. The first-order chi connectivity index (χ1) is 12.8. The lowest BCUT2D eigenvalue weighted by Gasteiger charge is -2.22. The van der Waals surface area contributed by atoms with E-state index in [1.165, 1.54) is 5.56 Å². The predicted octanol–water partition coefficient (Wildman–Crippen LogP) is 4.91. The van der Waals surface area contributed by atoms with Gasteiger partial charge in [-0.3, -0.25) is 4.79 Å². The lowest BCUT2D eigenvalue weighted by atomic mass is 9.86. The molecule has 0 spiro atoms. The van der Waals surface area contributed by atoms with Crippen LogP contribution in [-0.2, 0) is 16.6 Å². The first-order valence-electron chi connectivity index (χ1n) is 9.12. The average molecular weight is 363 g/mol. The molecular formula is C22H25N3O2. The highest BCUT2D eigenvalue weighted by Crippen LogP contribution is 2.29. The quantitative estimate of drug-likeness (QED) is 0.699. The summed E-state index contributed by atoms with van der Waals surface area (Å²) in [6.07, 6.45) is 0.691. The molecule has 0 aliphatic carbocycles. The molecule has 0 saturated carbocycles. The summed E-state index contributed by atoms with van der Waals surface area (Å²) in [6, 6.07) is 15.8. The Morgan fingerprint density at radius 3 is 2.44 bits per heavy atom. The molecule has 0 fully saturated rings. The van der Waals surface area contributed by atoms with E-state index in [9.17, 15) is 4.79 Å². The molecule has 5 nitrogen and oxygen atoms in total. The van der Waals surface area contributed by atoms with Crippen LogP contribution in [0.15, 0.2) is 52.9 Å². The number of carbonyl (C=O) groups excluding carboxylic acids is 1. The van der Waals surface area contributed by atoms with Crippen LogP contribution in [-0.4, -0.2) is 16.1 Å². The molecule has 140 valence electrons. The lowest BCUT2D eigenvalue weighted by molar-refractivity contribution is -0.116. The topological polar surface area (TPSA) is 68.0 Å². The zero-order valence-corrected chi connectivity index (χ0v) is 16.2. The summed E-state index contributed by atoms with van der Waals surface area (Å²) >= 11 is 0. The summed E-state index contributed by atoms with van der Waals surface area (Å²) < 4.78 is 5.69. The van der Waals surface area contributed by atoms with Crippen LogP contribution < -0.4 is 5.32 Å². The fourth-order valence-electron chi connectivity index (χ4n) is 2.85. The molecule has 0 aliphatic rings. The van der Waals surface area contributed by atoms with Gasteiger partial charge in [-0.15, -0.1) is 10.2 Å². The number of anilines is 1. The van der Waals surface area contributed by atoms with Crippen LogP contribution in [0.4, 0.5) is 5.69 Å². The molecule has 1 aromatic heterocycles. The monoisotopic (exact) mass is 363 g/mol. The van der Waals surface area contributed by atoms with Crippen molar-refractivity contribution in [2.75, 3.05) is 5.32 Å². The summed E-state index contributed by atoms with van der Waals surface area (Å²) in [5.74, 6) is 0.870. The third kappa shape index (κ3) is 4.82. The van der Waals surface area contributed by atoms with Gasteiger partial charge in [-0.2, -0.15) is 0 Å². The van der Waals surface area contributed by atoms with Crippen LogP contribution in [0.1, 0.15) is 44.2 Å². The van der Waals surface area contributed by atoms with Crippen molar-refractivity contribution in [3.63, 3.8) is 0 Å². The molecule has 0 aliphatic heterocycles. The van der Waals surface area contributed by atoms with Crippen molar-refractivity contribution in [2.24, 2.45) is 0 Å². The smallest absolute Gasteiger partial charge is 0.247 e. The van der Waals surface area contributed by atoms with E-state index in [-0.39, 0.29) is 17.7 Å². The second-order valence-corrected chi connectivity index (χ2v) is 7.71. The number of rotatable bonds is 5. The normalized spacial score (nSPS) is 11.4. The number of benzene rings is 2. The molecule has 1 heterocycles. The Morgan fingerprint density at radius 2 is 1.74 bits per heavy atom. The number of amides is 1. The Balaban J connectivity index is 1.61. The molecule has 0 radical (unpaired) electrons. The molecule has 3 rings (SSSR count). The SMILES string of the molecule is Cc1ccc(-c2nnc(CCC(=O)Nc3ccccc3C(C)(C)C)o2)cc1. The molecule has 0 atom stereocenters. The van der Waals surface area contributed by atoms with Crippen LogP contribution in [0, 0.1) is 6.92 Å². The second-order valence-electron chi connectivity index (χ2n) is 7.71. The minimum absolute atomic E-state index is 0.0424. The molecule has 27 heavy (non-hydrogen) atoms. The largest absolute Gasteiger partial charge is 0.421 e. The first-order valence-corrected chi connectivity index (χ1v) is 9.12. The van der Waals surface area contributed by atoms with E-state index in [1.54, 1.807) is 0 Å². The molecule has 0 bridgehead atoms. The maximum Gasteiger partial charge on any atom is 0.247 e. The van der Waals surface area contributed by atoms with Gasteiger partial charge < -0.3 is 9.73 Å². The molecule has 0 saturated heterocycles. The van der Waals surface area contributed by atoms with Gasteiger partial charge in [-0.05, 0) is 36.1 Å². The van der Waals surface area contributed by atoms with E-state index >= 15 is 0 Å². The van der Waals surface area contributed by atoms with Gasteiger partial charge in [0, 0.05) is 24.1 Å². The maximum absolute atomic E-state index is 12.4. The van der Waals surface area contributed by atoms with E-state index in [4.69, 9.17) is 4.42 Å². The van der Waals surface area contributed by atoms with E-state index in [0.29, 0.717) is 18.2 Å². The van der Waals surface area contributed by atoms with E-state index in [2.05, 4.69) is 36.3 Å². The van der Waals surface area contributed by atoms with Crippen LogP contribution in [0.5, 0.6) is 0 Å². The van der Waals surface area contributed by atoms with Gasteiger partial charge in [0.1, 0.15) is 0 Å². The molecule has 1 N–H and O–H groups in total. The molecule has 1 amide bonds. The number of nitrogens with zero attached hydrogens (tertiary/aromatic N) is 2. The van der Waals surface area contributed by atoms with Crippen molar-refractivity contribution in [1.29, 1.82) is 0 Å². The zero-order chi connectivity index (χ0) is 19.4. The summed E-state index contributed by atoms with van der Waals surface area (Å²) in [7, 11) is 0. The number of aryl methyl sites for hydroxylation is 2. The highest BCUT2D eigenvalue weighted by molar-refractivity contribution is 5.91. The number of hydrogen-bond acceptors (Lipinski definition) is 4. The van der Waals surface area contributed by atoms with Crippen molar-refractivity contribution in [3.05, 3.63) is 65.5 Å². The minimum Gasteiger partial charge on any atom is -0.421 e. The molecule has 5 heteroatoms. The van der Waals surface area contributed by atoms with Gasteiger partial charge in [0.05, 0.1) is 0 Å². The minimum atomic E-state index is -0.0678. The van der Waals surface area contributed by atoms with Gasteiger partial charge >= 0.3 is 0 Å². The van der Waals surface area contributed by atoms with Crippen molar-refractivity contribution in [2.45, 2.75) is 46.0 Å². The molecule has 2 aromatic carbocycles. The first kappa shape index (κ1) is 18.8. The number of carbonyl (C=O) groups is 1. The van der Waals surface area contributed by atoms with Gasteiger partial charge in [0.25, 0.3) is 0 Å². The third-order valence-electron chi connectivity index (χ3n) is 4.34. The molecule has 3 aromatic rings. The fourth-order valence-corrected chi connectivity index (χ4v) is 2.85. The van der Waals surface area contributed by atoms with Crippen molar-refractivity contribution >= 4 is 11.6 Å². The number of nitrogens with one attached hydrogen (secondary N) is 1. The summed E-state index contributed by atoms with van der Waals surface area (Å²) in [5, 5.41) is 11.1. The van der Waals surface area contributed by atoms with Crippen LogP contribution >= 0.6 is 0 Å². The van der Waals surface area contributed by atoms with E-state index in [1.807, 2.05) is 55.5 Å². The van der Waals surface area contributed by atoms with Crippen LogP contribution in [0.3, 0.4) is 0 Å². The average Bonchev–Trinajstić information content (AvgIpc) is 3.09. The highest BCUT2D eigenvalue weighted by atomic mass is 16.4. The summed E-state index contributed by atoms with van der Waals surface area (Å²) in [4.78, 5) is 12.4. The number of para-hydroxylation sites is 1. The standard InChI is InChI=1S/C22H25N3O2/c1-15-9-11-16(12-10-15)21-25-24-20(27-21)14-13-19(26)23-18-8-6-5-7-17(18)22(2,3)4/h5-12H,13-14H2,1-4H3,(H,23,26). The summed E-state index contributed by atoms with van der Waals surface area (Å²) in [6.45, 7) is 8.41. The summed E-state index contributed by atoms with van der Waals surface area (Å²) in [5.41, 5.74) is 3.96. The van der Waals surface area contributed by atoms with Crippen molar-refractivity contribution in [3.8, 4) is 11.5 Å². The van der Waals surface area contributed by atoms with Gasteiger partial charge in [-0.1, -0.05) is 56.7 Å². The second kappa shape index (κ2) is 7.74. The third-order valence-corrected chi connectivity index (χ3v) is 4.34. The van der Waals surface area contributed by atoms with Crippen LogP contribution in [0.2, 0.25) is 0 Å². The van der Waals surface area contributed by atoms with Crippen molar-refractivity contribution in [1.82, 2.24) is 10.2 Å². The predicted molar refractivity (Wildman–Crippen MR) is 107 cm³/mol. The van der Waals surface area contributed by atoms with Gasteiger partial charge in [-0.25, -0.2) is 0 Å². The van der Waals surface area contributed by atoms with Gasteiger partial charge in [0.2, 0.25) is 17.7 Å². The Bertz CT molecular complexity index is 921. The highest BCUT2D eigenvalue weighted by Gasteiger charge is 2.19. The maximum atomic E-state index is 12.4. The lowest BCUT2D eigenvalue weighted by Crippen LogP contribution is -2.18. The van der Waals surface area contributed by atoms with E-state index < -0.39 is 0 Å². The number of hydrogen-bond donors (Lipinski definition) is 1. The van der Waals surface area contributed by atoms with Crippen molar-refractivity contribution < 1.29 is 9.21 Å². The molecule has 0 unspecified atom stereocenters. The Hall–Kier alpha value is -2.95. The Kier molecular flexibility index (Phi) is 5.40. The van der Waals surface area contributed by atoms with Crippen LogP contribution in [0.25, 0.3) is 11.5 Å². The molecular weight excluding hydrogens is 338 g/mol. The Labute approximate surface area is 159 Å². The fraction of sp³-hybridized carbons (Fsp3) is 0.318.